The van der Waals surface area contributed by atoms with Crippen molar-refractivity contribution in [3.63, 3.8) is 0 Å². The minimum atomic E-state index is -5.08. The molecule has 1 fully saturated rings. The van der Waals surface area contributed by atoms with Crippen LogP contribution in [0.3, 0.4) is 0 Å². The molecule has 0 amide bonds. The maximum absolute atomic E-state index is 14.6. The Morgan fingerprint density at radius 2 is 1.81 bits per heavy atom. The number of carboxylic acids is 1. The highest BCUT2D eigenvalue weighted by Gasteiger charge is 2.39. The van der Waals surface area contributed by atoms with Gasteiger partial charge in [-0.05, 0) is 37.0 Å². The van der Waals surface area contributed by atoms with Crippen molar-refractivity contribution in [3.8, 4) is 11.3 Å². The minimum absolute atomic E-state index is 0.0552. The molecule has 1 unspecified atom stereocenters. The molecule has 1 N–H and O–H groups in total. The first kappa shape index (κ1) is 21.8. The van der Waals surface area contributed by atoms with Gasteiger partial charge in [0.1, 0.15) is 11.6 Å². The normalized spacial score (nSPS) is 17.9. The van der Waals surface area contributed by atoms with Gasteiger partial charge in [0.05, 0.1) is 24.3 Å². The zero-order valence-corrected chi connectivity index (χ0v) is 16.8. The van der Waals surface area contributed by atoms with Gasteiger partial charge in [-0.1, -0.05) is 18.2 Å². The van der Waals surface area contributed by atoms with Crippen LogP contribution in [0.2, 0.25) is 0 Å². The fourth-order valence-electron chi connectivity index (χ4n) is 4.38. The number of imidazole rings is 1. The lowest BCUT2D eigenvalue weighted by Crippen LogP contribution is -2.37. The van der Waals surface area contributed by atoms with Gasteiger partial charge in [-0.2, -0.15) is 13.2 Å². The van der Waals surface area contributed by atoms with E-state index in [0.29, 0.717) is 5.92 Å². The number of nitrogens with zero attached hydrogens (tertiary/aromatic N) is 4. The highest BCUT2D eigenvalue weighted by atomic mass is 19.4. The third-order valence-electron chi connectivity index (χ3n) is 5.79. The van der Waals surface area contributed by atoms with Crippen molar-refractivity contribution in [3.05, 3.63) is 66.5 Å². The van der Waals surface area contributed by atoms with Gasteiger partial charge in [0, 0.05) is 30.4 Å². The quantitative estimate of drug-likeness (QED) is 0.583. The predicted molar refractivity (Wildman–Crippen MR) is 109 cm³/mol. The van der Waals surface area contributed by atoms with Crippen molar-refractivity contribution in [1.82, 2.24) is 14.5 Å². The first-order valence-corrected chi connectivity index (χ1v) is 10.0. The highest BCUT2D eigenvalue weighted by Crippen LogP contribution is 2.46. The SMILES string of the molecule is Fc1cccc2c1C(C1CCN(c3ccccn3)CC1)n1cncc1-2.O=C(O)C(F)(F)F. The summed E-state index contributed by atoms with van der Waals surface area (Å²) in [6.07, 6.45) is 2.49. The molecule has 0 aliphatic carbocycles. The van der Waals surface area contributed by atoms with E-state index in [9.17, 15) is 17.6 Å². The number of halogens is 4. The molecule has 0 saturated carbocycles. The molecule has 5 rings (SSSR count). The molecule has 168 valence electrons. The first-order chi connectivity index (χ1) is 15.3. The topological polar surface area (TPSA) is 71.2 Å². The second kappa shape index (κ2) is 8.60. The number of piperidine rings is 1. The molecule has 0 bridgehead atoms. The van der Waals surface area contributed by atoms with Crippen LogP contribution in [-0.4, -0.2) is 44.9 Å². The number of pyridine rings is 1. The monoisotopic (exact) mass is 448 g/mol. The second-order valence-electron chi connectivity index (χ2n) is 7.65. The molecule has 1 atom stereocenters. The molecule has 1 saturated heterocycles. The molecule has 32 heavy (non-hydrogen) atoms. The van der Waals surface area contributed by atoms with Gasteiger partial charge in [-0.25, -0.2) is 19.2 Å². The van der Waals surface area contributed by atoms with Crippen molar-refractivity contribution in [2.24, 2.45) is 5.92 Å². The van der Waals surface area contributed by atoms with Gasteiger partial charge in [0.15, 0.2) is 0 Å². The van der Waals surface area contributed by atoms with E-state index in [2.05, 4.69) is 25.5 Å². The van der Waals surface area contributed by atoms with Crippen LogP contribution in [0.1, 0.15) is 24.4 Å². The van der Waals surface area contributed by atoms with E-state index >= 15 is 0 Å². The molecule has 6 nitrogen and oxygen atoms in total. The van der Waals surface area contributed by atoms with Crippen LogP contribution in [0.5, 0.6) is 0 Å². The summed E-state index contributed by atoms with van der Waals surface area (Å²) in [5.74, 6) is -1.42. The van der Waals surface area contributed by atoms with E-state index in [1.807, 2.05) is 36.9 Å². The van der Waals surface area contributed by atoms with Crippen molar-refractivity contribution in [2.45, 2.75) is 25.1 Å². The molecule has 2 aliphatic heterocycles. The summed E-state index contributed by atoms with van der Waals surface area (Å²) in [4.78, 5) is 20.0. The van der Waals surface area contributed by atoms with Gasteiger partial charge in [0.25, 0.3) is 0 Å². The summed E-state index contributed by atoms with van der Waals surface area (Å²) in [6, 6.07) is 11.4. The molecular formula is C22H20F4N4O2. The average Bonchev–Trinajstić information content (AvgIpc) is 3.36. The Kier molecular flexibility index (Phi) is 5.86. The van der Waals surface area contributed by atoms with Crippen LogP contribution >= 0.6 is 0 Å². The van der Waals surface area contributed by atoms with Gasteiger partial charge in [0.2, 0.25) is 0 Å². The van der Waals surface area contributed by atoms with E-state index in [-0.39, 0.29) is 11.9 Å². The standard InChI is InChI=1S/C20H19FN4.C2HF3O2/c21-16-5-3-4-15-17-12-22-13-25(17)20(19(15)16)14-7-10-24(11-8-14)18-6-1-2-9-23-18;3-2(4,5)1(6)7/h1-6,9,12-14,20H,7-8,10-11H2;(H,6,7). The van der Waals surface area contributed by atoms with E-state index in [1.165, 1.54) is 0 Å². The maximum atomic E-state index is 14.6. The minimum Gasteiger partial charge on any atom is -0.475 e. The Balaban J connectivity index is 0.000000307. The molecule has 1 aromatic carbocycles. The number of carboxylic acid groups (broad SMARTS) is 1. The van der Waals surface area contributed by atoms with E-state index < -0.39 is 12.1 Å². The number of carbonyl (C=O) groups is 1. The summed E-state index contributed by atoms with van der Waals surface area (Å²) in [6.45, 7) is 1.90. The van der Waals surface area contributed by atoms with E-state index in [4.69, 9.17) is 9.90 Å². The van der Waals surface area contributed by atoms with Crippen molar-refractivity contribution < 1.29 is 27.5 Å². The molecule has 2 aliphatic rings. The van der Waals surface area contributed by atoms with E-state index in [1.54, 1.807) is 12.1 Å². The molecule has 10 heteroatoms. The lowest BCUT2D eigenvalue weighted by molar-refractivity contribution is -0.192. The number of rotatable bonds is 2. The number of fused-ring (bicyclic) bond motifs is 3. The van der Waals surface area contributed by atoms with Crippen molar-refractivity contribution >= 4 is 11.8 Å². The lowest BCUT2D eigenvalue weighted by Gasteiger charge is -2.36. The van der Waals surface area contributed by atoms with E-state index in [0.717, 1.165) is 48.6 Å². The summed E-state index contributed by atoms with van der Waals surface area (Å²) in [5.41, 5.74) is 2.87. The number of benzene rings is 1. The second-order valence-corrected chi connectivity index (χ2v) is 7.65. The zero-order chi connectivity index (χ0) is 22.9. The van der Waals surface area contributed by atoms with Gasteiger partial charge < -0.3 is 14.6 Å². The number of alkyl halides is 3. The van der Waals surface area contributed by atoms with Crippen LogP contribution in [0.15, 0.2) is 55.1 Å². The zero-order valence-electron chi connectivity index (χ0n) is 16.8. The van der Waals surface area contributed by atoms with Crippen LogP contribution in [0.25, 0.3) is 11.3 Å². The van der Waals surface area contributed by atoms with Crippen LogP contribution < -0.4 is 4.90 Å². The Morgan fingerprint density at radius 1 is 1.09 bits per heavy atom. The summed E-state index contributed by atoms with van der Waals surface area (Å²) in [5, 5.41) is 7.12. The Hall–Kier alpha value is -3.43. The number of aromatic nitrogens is 3. The predicted octanol–water partition coefficient (Wildman–Crippen LogP) is 4.54. The smallest absolute Gasteiger partial charge is 0.475 e. The van der Waals surface area contributed by atoms with Crippen LogP contribution in [0, 0.1) is 11.7 Å². The fourth-order valence-corrected chi connectivity index (χ4v) is 4.38. The van der Waals surface area contributed by atoms with Crippen molar-refractivity contribution in [2.75, 3.05) is 18.0 Å². The summed E-state index contributed by atoms with van der Waals surface area (Å²) < 4.78 is 48.5. The molecule has 0 spiro atoms. The molecule has 2 aromatic heterocycles. The molecule has 0 radical (unpaired) electrons. The van der Waals surface area contributed by atoms with Crippen LogP contribution in [-0.2, 0) is 4.79 Å². The first-order valence-electron chi connectivity index (χ1n) is 10.0. The van der Waals surface area contributed by atoms with Crippen LogP contribution in [0.4, 0.5) is 23.4 Å². The Labute approximate surface area is 181 Å². The number of anilines is 1. The van der Waals surface area contributed by atoms with Gasteiger partial charge in [-0.15, -0.1) is 0 Å². The number of aliphatic carboxylic acids is 1. The third-order valence-corrected chi connectivity index (χ3v) is 5.79. The lowest BCUT2D eigenvalue weighted by atomic mass is 9.85. The highest BCUT2D eigenvalue weighted by molar-refractivity contribution is 5.73. The fraction of sp³-hybridized carbons (Fsp3) is 0.318. The van der Waals surface area contributed by atoms with Gasteiger partial charge >= 0.3 is 12.1 Å². The third kappa shape index (κ3) is 4.17. The number of hydrogen-bond donors (Lipinski definition) is 1. The van der Waals surface area contributed by atoms with Gasteiger partial charge in [-0.3, -0.25) is 0 Å². The van der Waals surface area contributed by atoms with Crippen molar-refractivity contribution in [1.29, 1.82) is 0 Å². The molecule has 3 aromatic rings. The molecular weight excluding hydrogens is 428 g/mol. The average molecular weight is 448 g/mol. The summed E-state index contributed by atoms with van der Waals surface area (Å²) >= 11 is 0. The largest absolute Gasteiger partial charge is 0.490 e. The number of hydrogen-bond acceptors (Lipinski definition) is 4. The summed E-state index contributed by atoms with van der Waals surface area (Å²) in [7, 11) is 0. The molecule has 4 heterocycles. The Morgan fingerprint density at radius 3 is 2.44 bits per heavy atom. The Bertz CT molecular complexity index is 1090. The maximum Gasteiger partial charge on any atom is 0.490 e.